The number of hydrogen-bond donors (Lipinski definition) is 1. The molecule has 3 aromatic rings. The van der Waals surface area contributed by atoms with Crippen molar-refractivity contribution in [3.8, 4) is 0 Å². The van der Waals surface area contributed by atoms with Gasteiger partial charge in [-0.25, -0.2) is 4.98 Å². The van der Waals surface area contributed by atoms with E-state index >= 15 is 0 Å². The minimum atomic E-state index is 0.133. The zero-order valence-corrected chi connectivity index (χ0v) is 15.1. The van der Waals surface area contributed by atoms with Crippen LogP contribution < -0.4 is 5.73 Å². The Morgan fingerprint density at radius 2 is 2.20 bits per heavy atom. The lowest BCUT2D eigenvalue weighted by Crippen LogP contribution is -2.34. The van der Waals surface area contributed by atoms with Gasteiger partial charge >= 0.3 is 0 Å². The highest BCUT2D eigenvalue weighted by Crippen LogP contribution is 2.30. The van der Waals surface area contributed by atoms with Crippen LogP contribution in [-0.4, -0.2) is 36.4 Å². The number of anilines is 1. The summed E-state index contributed by atoms with van der Waals surface area (Å²) in [6, 6.07) is 2.45. The molecule has 0 atom stereocenters. The van der Waals surface area contributed by atoms with Crippen LogP contribution in [0.3, 0.4) is 0 Å². The number of carbonyl (C=O) groups is 1. The van der Waals surface area contributed by atoms with Gasteiger partial charge in [0, 0.05) is 29.5 Å². The summed E-state index contributed by atoms with van der Waals surface area (Å²) < 4.78 is 1.62. The van der Waals surface area contributed by atoms with Crippen molar-refractivity contribution in [2.75, 3.05) is 5.73 Å². The third-order valence-corrected chi connectivity index (χ3v) is 5.37. The molecule has 0 radical (unpaired) electrons. The van der Waals surface area contributed by atoms with E-state index in [1.807, 2.05) is 24.1 Å². The van der Waals surface area contributed by atoms with E-state index in [9.17, 15) is 4.79 Å². The summed E-state index contributed by atoms with van der Waals surface area (Å²) in [5, 5.41) is 8.32. The third-order valence-electron chi connectivity index (χ3n) is 4.63. The largest absolute Gasteiger partial charge is 0.366 e. The molecule has 25 heavy (non-hydrogen) atoms. The molecule has 4 rings (SSSR count). The van der Waals surface area contributed by atoms with E-state index < -0.39 is 0 Å². The minimum Gasteiger partial charge on any atom is -0.366 e. The fourth-order valence-corrected chi connectivity index (χ4v) is 3.78. The van der Waals surface area contributed by atoms with Gasteiger partial charge < -0.3 is 10.6 Å². The summed E-state index contributed by atoms with van der Waals surface area (Å²) in [5.41, 5.74) is 9.44. The molecule has 0 aromatic carbocycles. The average Bonchev–Trinajstić information content (AvgIpc) is 3.14. The van der Waals surface area contributed by atoms with Crippen LogP contribution in [0.2, 0.25) is 0 Å². The minimum absolute atomic E-state index is 0.133. The molecule has 2 N–H and O–H groups in total. The molecule has 8 heteroatoms. The van der Waals surface area contributed by atoms with Crippen LogP contribution in [0.1, 0.15) is 35.4 Å². The van der Waals surface area contributed by atoms with Gasteiger partial charge in [0.2, 0.25) is 11.9 Å². The highest BCUT2D eigenvalue weighted by Gasteiger charge is 2.33. The molecular weight excluding hydrogens is 336 g/mol. The summed E-state index contributed by atoms with van der Waals surface area (Å²) in [4.78, 5) is 23.5. The Balaban J connectivity index is 1.61. The van der Waals surface area contributed by atoms with Gasteiger partial charge in [-0.3, -0.25) is 4.79 Å². The van der Waals surface area contributed by atoms with E-state index in [0.29, 0.717) is 24.8 Å². The number of nitrogens with zero attached hydrogens (tertiary/aromatic N) is 5. The van der Waals surface area contributed by atoms with Gasteiger partial charge in [0.05, 0.1) is 6.42 Å². The molecule has 3 heterocycles. The van der Waals surface area contributed by atoms with Crippen molar-refractivity contribution in [2.45, 2.75) is 45.7 Å². The van der Waals surface area contributed by atoms with Crippen molar-refractivity contribution in [1.29, 1.82) is 0 Å². The van der Waals surface area contributed by atoms with Gasteiger partial charge in [0.25, 0.3) is 5.78 Å². The molecule has 0 spiro atoms. The first-order valence-electron chi connectivity index (χ1n) is 8.32. The summed E-state index contributed by atoms with van der Waals surface area (Å²) in [6.07, 6.45) is 2.50. The van der Waals surface area contributed by atoms with E-state index in [2.05, 4.69) is 26.5 Å². The standard InChI is InChI=1S/C17H20N6OS/c1-10-14(11(2)23-17(19-10)20-16(18)21-23)7-15(24)22(13-3-4-13)8-12-5-6-25-9-12/h5-6,9,13H,3-4,7-8H2,1-2H3,(H2,18,21). The van der Waals surface area contributed by atoms with Gasteiger partial charge in [0.1, 0.15) is 0 Å². The molecule has 1 amide bonds. The zero-order valence-electron chi connectivity index (χ0n) is 14.3. The molecule has 1 aliphatic carbocycles. The van der Waals surface area contributed by atoms with Gasteiger partial charge in [-0.2, -0.15) is 20.8 Å². The second-order valence-electron chi connectivity index (χ2n) is 6.50. The molecule has 1 aliphatic rings. The van der Waals surface area contributed by atoms with Crippen molar-refractivity contribution >= 4 is 29.0 Å². The molecule has 1 saturated carbocycles. The van der Waals surface area contributed by atoms with E-state index in [1.165, 1.54) is 5.56 Å². The number of nitrogen functional groups attached to an aromatic ring is 1. The lowest BCUT2D eigenvalue weighted by Gasteiger charge is -2.23. The van der Waals surface area contributed by atoms with Crippen molar-refractivity contribution in [3.63, 3.8) is 0 Å². The topological polar surface area (TPSA) is 89.4 Å². The zero-order chi connectivity index (χ0) is 17.6. The second-order valence-corrected chi connectivity index (χ2v) is 7.28. The first-order valence-corrected chi connectivity index (χ1v) is 9.26. The number of carbonyl (C=O) groups excluding carboxylic acids is 1. The molecule has 0 aliphatic heterocycles. The number of aromatic nitrogens is 4. The Hall–Kier alpha value is -2.48. The second kappa shape index (κ2) is 6.11. The third kappa shape index (κ3) is 3.09. The number of aryl methyl sites for hydroxylation is 2. The van der Waals surface area contributed by atoms with Crippen molar-refractivity contribution < 1.29 is 4.79 Å². The average molecular weight is 356 g/mol. The Bertz CT molecular complexity index is 928. The van der Waals surface area contributed by atoms with Crippen LogP contribution in [0, 0.1) is 13.8 Å². The molecule has 0 unspecified atom stereocenters. The van der Waals surface area contributed by atoms with Gasteiger partial charge in [-0.1, -0.05) is 0 Å². The highest BCUT2D eigenvalue weighted by molar-refractivity contribution is 7.07. The Labute approximate surface area is 149 Å². The van der Waals surface area contributed by atoms with Crippen LogP contribution in [0.4, 0.5) is 5.95 Å². The quantitative estimate of drug-likeness (QED) is 0.756. The maximum absolute atomic E-state index is 13.0. The molecule has 3 aromatic heterocycles. The van der Waals surface area contributed by atoms with Crippen molar-refractivity contribution in [2.24, 2.45) is 0 Å². The van der Waals surface area contributed by atoms with Crippen LogP contribution in [-0.2, 0) is 17.8 Å². The number of fused-ring (bicyclic) bond motifs is 1. The predicted molar refractivity (Wildman–Crippen MR) is 96.3 cm³/mol. The molecular formula is C17H20N6OS. The van der Waals surface area contributed by atoms with Crippen LogP contribution >= 0.6 is 11.3 Å². The summed E-state index contributed by atoms with van der Waals surface area (Å²) in [5.74, 6) is 0.797. The molecule has 0 saturated heterocycles. The fourth-order valence-electron chi connectivity index (χ4n) is 3.12. The first kappa shape index (κ1) is 16.0. The molecule has 130 valence electrons. The normalized spacial score (nSPS) is 14.2. The van der Waals surface area contributed by atoms with Gasteiger partial charge in [-0.15, -0.1) is 5.10 Å². The predicted octanol–water partition coefficient (Wildman–Crippen LogP) is 2.12. The summed E-state index contributed by atoms with van der Waals surface area (Å²) >= 11 is 1.66. The number of thiophene rings is 1. The first-order chi connectivity index (χ1) is 12.0. The van der Waals surface area contributed by atoms with Crippen molar-refractivity contribution in [3.05, 3.63) is 39.3 Å². The number of nitrogens with two attached hydrogens (primary N) is 1. The Morgan fingerprint density at radius 3 is 2.88 bits per heavy atom. The number of hydrogen-bond acceptors (Lipinski definition) is 6. The molecule has 1 fully saturated rings. The van der Waals surface area contributed by atoms with E-state index in [0.717, 1.165) is 29.8 Å². The monoisotopic (exact) mass is 356 g/mol. The lowest BCUT2D eigenvalue weighted by molar-refractivity contribution is -0.131. The molecule has 7 nitrogen and oxygen atoms in total. The Morgan fingerprint density at radius 1 is 1.40 bits per heavy atom. The number of amides is 1. The van der Waals surface area contributed by atoms with Crippen LogP contribution in [0.15, 0.2) is 16.8 Å². The summed E-state index contributed by atoms with van der Waals surface area (Å²) in [6.45, 7) is 4.51. The van der Waals surface area contributed by atoms with Crippen LogP contribution in [0.5, 0.6) is 0 Å². The van der Waals surface area contributed by atoms with Gasteiger partial charge in [0.15, 0.2) is 0 Å². The smallest absolute Gasteiger partial charge is 0.254 e. The maximum Gasteiger partial charge on any atom is 0.254 e. The maximum atomic E-state index is 13.0. The SMILES string of the molecule is Cc1nc2nc(N)nn2c(C)c1CC(=O)N(Cc1ccsc1)C1CC1. The van der Waals surface area contributed by atoms with E-state index in [1.54, 1.807) is 15.9 Å². The number of rotatable bonds is 5. The molecule has 0 bridgehead atoms. The Kier molecular flexibility index (Phi) is 3.91. The summed E-state index contributed by atoms with van der Waals surface area (Å²) in [7, 11) is 0. The van der Waals surface area contributed by atoms with E-state index in [4.69, 9.17) is 5.73 Å². The van der Waals surface area contributed by atoms with E-state index in [-0.39, 0.29) is 11.9 Å². The van der Waals surface area contributed by atoms with Gasteiger partial charge in [-0.05, 0) is 49.1 Å². The lowest BCUT2D eigenvalue weighted by atomic mass is 10.1. The fraction of sp³-hybridized carbons (Fsp3) is 0.412. The van der Waals surface area contributed by atoms with Crippen molar-refractivity contribution in [1.82, 2.24) is 24.5 Å². The van der Waals surface area contributed by atoms with Crippen LogP contribution in [0.25, 0.3) is 5.78 Å². The highest BCUT2D eigenvalue weighted by atomic mass is 32.1.